The molecule has 1 atom stereocenters. The Morgan fingerprint density at radius 3 is 2.65 bits per heavy atom. The lowest BCUT2D eigenvalue weighted by Crippen LogP contribution is -2.36. The molecule has 5 nitrogen and oxygen atoms in total. The molecule has 2 rings (SSSR count). The molecule has 0 aliphatic carbocycles. The summed E-state index contributed by atoms with van der Waals surface area (Å²) in [4.78, 5) is 25.3. The molecule has 0 fully saturated rings. The van der Waals surface area contributed by atoms with Crippen LogP contribution in [0.2, 0.25) is 0 Å². The number of hydrogen-bond acceptors (Lipinski definition) is 4. The van der Waals surface area contributed by atoms with Gasteiger partial charge in [0.2, 0.25) is 5.91 Å². The van der Waals surface area contributed by atoms with Crippen molar-refractivity contribution in [3.05, 3.63) is 48.3 Å². The molecule has 23 heavy (non-hydrogen) atoms. The lowest BCUT2D eigenvalue weighted by molar-refractivity contribution is -0.123. The molecule has 0 unspecified atom stereocenters. The van der Waals surface area contributed by atoms with Gasteiger partial charge < -0.3 is 5.32 Å². The number of nitrogens with zero attached hydrogens (tertiary/aromatic N) is 3. The van der Waals surface area contributed by atoms with E-state index in [4.69, 9.17) is 0 Å². The van der Waals surface area contributed by atoms with Gasteiger partial charge in [-0.05, 0) is 37.1 Å². The van der Waals surface area contributed by atoms with Gasteiger partial charge in [0, 0.05) is 19.0 Å². The summed E-state index contributed by atoms with van der Waals surface area (Å²) in [6.45, 7) is 6.46. The molecule has 5 heteroatoms. The van der Waals surface area contributed by atoms with E-state index in [9.17, 15) is 4.79 Å². The molecule has 0 bridgehead atoms. The first kappa shape index (κ1) is 16.8. The predicted octanol–water partition coefficient (Wildman–Crippen LogP) is 2.72. The van der Waals surface area contributed by atoms with E-state index >= 15 is 0 Å². The van der Waals surface area contributed by atoms with Gasteiger partial charge >= 0.3 is 0 Å². The van der Waals surface area contributed by atoms with E-state index in [2.05, 4.69) is 20.3 Å². The van der Waals surface area contributed by atoms with Crippen molar-refractivity contribution in [3.63, 3.8) is 0 Å². The summed E-state index contributed by atoms with van der Waals surface area (Å²) in [5.41, 5.74) is 2.31. The van der Waals surface area contributed by atoms with Gasteiger partial charge in [0.25, 0.3) is 0 Å². The summed E-state index contributed by atoms with van der Waals surface area (Å²) < 4.78 is 0. The number of aromatic nitrogens is 2. The molecule has 2 aromatic rings. The number of pyridine rings is 2. The van der Waals surface area contributed by atoms with Gasteiger partial charge in [0.15, 0.2) is 0 Å². The highest BCUT2D eigenvalue weighted by Gasteiger charge is 2.19. The maximum Gasteiger partial charge on any atom is 0.245 e. The fourth-order valence-electron chi connectivity index (χ4n) is 2.16. The summed E-state index contributed by atoms with van der Waals surface area (Å²) in [5, 5.41) is 2.82. The summed E-state index contributed by atoms with van der Waals surface area (Å²) in [5.74, 6) is 0.0661. The van der Waals surface area contributed by atoms with Crippen molar-refractivity contribution in [1.29, 1.82) is 0 Å². The van der Waals surface area contributed by atoms with Crippen LogP contribution in [0.3, 0.4) is 0 Å². The quantitative estimate of drug-likeness (QED) is 0.834. The zero-order chi connectivity index (χ0) is 16.7. The van der Waals surface area contributed by atoms with Crippen LogP contribution in [0.15, 0.2) is 47.6 Å². The molecule has 0 radical (unpaired) electrons. The summed E-state index contributed by atoms with van der Waals surface area (Å²) in [7, 11) is 0. The first-order valence-electron chi connectivity index (χ1n) is 7.81. The van der Waals surface area contributed by atoms with E-state index in [1.165, 1.54) is 0 Å². The Hall–Kier alpha value is -2.56. The molecule has 2 aromatic heterocycles. The first-order valence-corrected chi connectivity index (χ1v) is 7.81. The maximum absolute atomic E-state index is 12.0. The third kappa shape index (κ3) is 4.71. The van der Waals surface area contributed by atoms with Crippen molar-refractivity contribution in [1.82, 2.24) is 15.3 Å². The van der Waals surface area contributed by atoms with Crippen molar-refractivity contribution in [2.75, 3.05) is 6.54 Å². The summed E-state index contributed by atoms with van der Waals surface area (Å²) in [6.07, 6.45) is 3.40. The SMILES string of the molecule is CCNC(=O)[C@@H](N=Cc1cccc(-c2ccccn2)n1)C(C)C. The second-order valence-corrected chi connectivity index (χ2v) is 5.52. The number of amides is 1. The predicted molar refractivity (Wildman–Crippen MR) is 92.4 cm³/mol. The molecule has 0 saturated carbocycles. The minimum atomic E-state index is -0.407. The average Bonchev–Trinajstić information content (AvgIpc) is 2.56. The molecule has 0 saturated heterocycles. The fourth-order valence-corrected chi connectivity index (χ4v) is 2.16. The van der Waals surface area contributed by atoms with Crippen molar-refractivity contribution in [3.8, 4) is 11.4 Å². The van der Waals surface area contributed by atoms with Crippen molar-refractivity contribution >= 4 is 12.1 Å². The highest BCUT2D eigenvalue weighted by atomic mass is 16.2. The van der Waals surface area contributed by atoms with Gasteiger partial charge in [0.1, 0.15) is 6.04 Å². The van der Waals surface area contributed by atoms with Crippen LogP contribution >= 0.6 is 0 Å². The summed E-state index contributed by atoms with van der Waals surface area (Å²) >= 11 is 0. The maximum atomic E-state index is 12.0. The Balaban J connectivity index is 2.20. The van der Waals surface area contributed by atoms with Gasteiger partial charge in [0.05, 0.1) is 17.1 Å². The van der Waals surface area contributed by atoms with Gasteiger partial charge in [-0.3, -0.25) is 14.8 Å². The van der Waals surface area contributed by atoms with Gasteiger partial charge in [-0.2, -0.15) is 0 Å². The smallest absolute Gasteiger partial charge is 0.245 e. The average molecular weight is 310 g/mol. The largest absolute Gasteiger partial charge is 0.355 e. The minimum absolute atomic E-state index is 0.0559. The minimum Gasteiger partial charge on any atom is -0.355 e. The Kier molecular flexibility index (Phi) is 5.97. The van der Waals surface area contributed by atoms with Crippen LogP contribution in [0.25, 0.3) is 11.4 Å². The number of carbonyl (C=O) groups excluding carboxylic acids is 1. The molecular weight excluding hydrogens is 288 g/mol. The van der Waals surface area contributed by atoms with Crippen molar-refractivity contribution in [2.45, 2.75) is 26.8 Å². The number of carbonyl (C=O) groups is 1. The van der Waals surface area contributed by atoms with Gasteiger partial charge in [-0.25, -0.2) is 4.98 Å². The third-order valence-corrected chi connectivity index (χ3v) is 3.32. The van der Waals surface area contributed by atoms with Crippen LogP contribution < -0.4 is 5.32 Å². The van der Waals surface area contributed by atoms with Crippen LogP contribution in [-0.4, -0.2) is 34.7 Å². The Labute approximate surface area is 136 Å². The van der Waals surface area contributed by atoms with E-state index in [1.807, 2.05) is 57.2 Å². The zero-order valence-corrected chi connectivity index (χ0v) is 13.7. The molecule has 0 aliphatic heterocycles. The zero-order valence-electron chi connectivity index (χ0n) is 13.7. The molecule has 2 heterocycles. The standard InChI is InChI=1S/C18H22N4O/c1-4-19-18(23)17(13(2)3)21-12-14-8-7-10-16(22-14)15-9-5-6-11-20-15/h5-13,17H,4H2,1-3H3,(H,19,23)/t17-/m0/s1. The van der Waals surface area contributed by atoms with E-state index in [1.54, 1.807) is 12.4 Å². The van der Waals surface area contributed by atoms with Crippen LogP contribution in [0.1, 0.15) is 26.5 Å². The third-order valence-electron chi connectivity index (χ3n) is 3.32. The van der Waals surface area contributed by atoms with Crippen LogP contribution in [0.5, 0.6) is 0 Å². The van der Waals surface area contributed by atoms with Crippen molar-refractivity contribution < 1.29 is 4.79 Å². The molecule has 0 aromatic carbocycles. The molecular formula is C18H22N4O. The lowest BCUT2D eigenvalue weighted by Gasteiger charge is -2.15. The number of aliphatic imine (C=N–C) groups is 1. The second kappa shape index (κ2) is 8.17. The van der Waals surface area contributed by atoms with Gasteiger partial charge in [-0.15, -0.1) is 0 Å². The normalized spacial score (nSPS) is 12.5. The van der Waals surface area contributed by atoms with E-state index in [0.717, 1.165) is 11.4 Å². The molecule has 0 spiro atoms. The fraction of sp³-hybridized carbons (Fsp3) is 0.333. The summed E-state index contributed by atoms with van der Waals surface area (Å²) in [6, 6.07) is 11.0. The monoisotopic (exact) mass is 310 g/mol. The first-order chi connectivity index (χ1) is 11.1. The Morgan fingerprint density at radius 2 is 2.00 bits per heavy atom. The number of nitrogens with one attached hydrogen (secondary N) is 1. The van der Waals surface area contributed by atoms with Crippen molar-refractivity contribution in [2.24, 2.45) is 10.9 Å². The Morgan fingerprint density at radius 1 is 1.22 bits per heavy atom. The number of likely N-dealkylation sites (N-methyl/N-ethyl adjacent to an activating group) is 1. The van der Waals surface area contributed by atoms with Crippen LogP contribution in [0.4, 0.5) is 0 Å². The van der Waals surface area contributed by atoms with Crippen LogP contribution in [0, 0.1) is 5.92 Å². The second-order valence-electron chi connectivity index (χ2n) is 5.52. The number of rotatable bonds is 6. The Bertz CT molecular complexity index is 668. The molecule has 0 aliphatic rings. The number of hydrogen-bond donors (Lipinski definition) is 1. The van der Waals surface area contributed by atoms with E-state index in [0.29, 0.717) is 12.2 Å². The molecule has 120 valence electrons. The van der Waals surface area contributed by atoms with Gasteiger partial charge in [-0.1, -0.05) is 26.0 Å². The topological polar surface area (TPSA) is 67.2 Å². The lowest BCUT2D eigenvalue weighted by atomic mass is 10.0. The molecule has 1 N–H and O–H groups in total. The van der Waals surface area contributed by atoms with E-state index in [-0.39, 0.29) is 11.8 Å². The highest BCUT2D eigenvalue weighted by molar-refractivity contribution is 5.86. The highest BCUT2D eigenvalue weighted by Crippen LogP contribution is 2.13. The molecule has 1 amide bonds. The van der Waals surface area contributed by atoms with E-state index < -0.39 is 6.04 Å². The van der Waals surface area contributed by atoms with Crippen LogP contribution in [-0.2, 0) is 4.79 Å².